The predicted molar refractivity (Wildman–Crippen MR) is 59.6 cm³/mol. The molecular weight excluding hydrogens is 192 g/mol. The summed E-state index contributed by atoms with van der Waals surface area (Å²) in [5, 5.41) is 2.29. The van der Waals surface area contributed by atoms with Crippen molar-refractivity contribution in [3.8, 4) is 0 Å². The summed E-state index contributed by atoms with van der Waals surface area (Å²) < 4.78 is 0. The zero-order chi connectivity index (χ0) is 7.94. The van der Waals surface area contributed by atoms with Gasteiger partial charge in [0.15, 0.2) is 0 Å². The van der Waals surface area contributed by atoms with Crippen LogP contribution in [0.4, 0.5) is 0 Å². The molecule has 1 rings (SSSR count). The van der Waals surface area contributed by atoms with Crippen molar-refractivity contribution in [2.45, 2.75) is 39.0 Å². The maximum Gasteiger partial charge on any atom is 0.00382 e. The minimum absolute atomic E-state index is 1.31. The molecule has 0 aromatic rings. The molecule has 0 aromatic carbocycles. The average molecular weight is 206 g/mol. The van der Waals surface area contributed by atoms with E-state index in [9.17, 15) is 0 Å². The van der Waals surface area contributed by atoms with E-state index in [1.807, 2.05) is 31.4 Å². The Morgan fingerprint density at radius 3 is 2.82 bits per heavy atom. The molecule has 0 bridgehead atoms. The third-order valence-electron chi connectivity index (χ3n) is 1.64. The second-order valence-corrected chi connectivity index (χ2v) is 6.61. The SMILES string of the molecule is CCCCCCC1=CSSS1. The Morgan fingerprint density at radius 2 is 2.18 bits per heavy atom. The molecule has 0 aliphatic carbocycles. The van der Waals surface area contributed by atoms with Crippen molar-refractivity contribution in [1.29, 1.82) is 0 Å². The van der Waals surface area contributed by atoms with E-state index in [-0.39, 0.29) is 0 Å². The highest BCUT2D eigenvalue weighted by atomic mass is 33.5. The maximum atomic E-state index is 2.29. The van der Waals surface area contributed by atoms with Crippen LogP contribution >= 0.6 is 31.4 Å². The van der Waals surface area contributed by atoms with E-state index in [1.54, 1.807) is 4.91 Å². The van der Waals surface area contributed by atoms with Gasteiger partial charge in [-0.2, -0.15) is 0 Å². The summed E-state index contributed by atoms with van der Waals surface area (Å²) in [5.41, 5.74) is 0. The normalized spacial score (nSPS) is 17.0. The lowest BCUT2D eigenvalue weighted by Crippen LogP contribution is -1.76. The molecule has 64 valence electrons. The smallest absolute Gasteiger partial charge is 0.00382 e. The lowest BCUT2D eigenvalue weighted by Gasteiger charge is -1.98. The Bertz CT molecular complexity index is 131. The quantitative estimate of drug-likeness (QED) is 0.466. The molecule has 0 saturated carbocycles. The summed E-state index contributed by atoms with van der Waals surface area (Å²) in [4.78, 5) is 1.58. The molecule has 0 amide bonds. The molecule has 0 saturated heterocycles. The Morgan fingerprint density at radius 1 is 1.27 bits per heavy atom. The van der Waals surface area contributed by atoms with Crippen molar-refractivity contribution in [3.05, 3.63) is 10.3 Å². The standard InChI is InChI=1S/C8H14S3/c1-2-3-4-5-6-8-7-9-11-10-8/h7H,2-6H2,1H3. The summed E-state index contributed by atoms with van der Waals surface area (Å²) in [5.74, 6) is 0. The lowest BCUT2D eigenvalue weighted by molar-refractivity contribution is 0.672. The van der Waals surface area contributed by atoms with Gasteiger partial charge in [-0.25, -0.2) is 0 Å². The average Bonchev–Trinajstić information content (AvgIpc) is 2.50. The van der Waals surface area contributed by atoms with Gasteiger partial charge in [-0.05, 0) is 38.9 Å². The van der Waals surface area contributed by atoms with E-state index >= 15 is 0 Å². The van der Waals surface area contributed by atoms with Crippen LogP contribution in [0.1, 0.15) is 39.0 Å². The van der Waals surface area contributed by atoms with Gasteiger partial charge in [-0.1, -0.05) is 37.0 Å². The number of unbranched alkanes of at least 4 members (excludes halogenated alkanes) is 3. The van der Waals surface area contributed by atoms with E-state index < -0.39 is 0 Å². The number of hydrogen-bond donors (Lipinski definition) is 0. The van der Waals surface area contributed by atoms with Gasteiger partial charge in [0.25, 0.3) is 0 Å². The fourth-order valence-corrected chi connectivity index (χ4v) is 5.03. The lowest BCUT2D eigenvalue weighted by atomic mass is 10.1. The molecule has 0 aromatic heterocycles. The first-order valence-electron chi connectivity index (χ1n) is 4.12. The fourth-order valence-electron chi connectivity index (χ4n) is 0.983. The van der Waals surface area contributed by atoms with E-state index in [2.05, 4.69) is 12.3 Å². The second-order valence-electron chi connectivity index (χ2n) is 2.64. The topological polar surface area (TPSA) is 0 Å². The molecule has 11 heavy (non-hydrogen) atoms. The van der Waals surface area contributed by atoms with E-state index in [4.69, 9.17) is 0 Å². The van der Waals surface area contributed by atoms with Crippen LogP contribution in [0.15, 0.2) is 10.3 Å². The summed E-state index contributed by atoms with van der Waals surface area (Å²) in [6.45, 7) is 2.26. The largest absolute Gasteiger partial charge is 0.0654 e. The summed E-state index contributed by atoms with van der Waals surface area (Å²) in [7, 11) is 5.69. The summed E-state index contributed by atoms with van der Waals surface area (Å²) in [6, 6.07) is 0. The molecule has 0 spiro atoms. The van der Waals surface area contributed by atoms with Gasteiger partial charge >= 0.3 is 0 Å². The van der Waals surface area contributed by atoms with Gasteiger partial charge in [0.1, 0.15) is 0 Å². The van der Waals surface area contributed by atoms with Crippen LogP contribution in [0.5, 0.6) is 0 Å². The fraction of sp³-hybridized carbons (Fsp3) is 0.750. The van der Waals surface area contributed by atoms with Gasteiger partial charge in [0.2, 0.25) is 0 Å². The first-order chi connectivity index (χ1) is 5.43. The maximum absolute atomic E-state index is 2.29. The van der Waals surface area contributed by atoms with Crippen molar-refractivity contribution in [1.82, 2.24) is 0 Å². The van der Waals surface area contributed by atoms with Gasteiger partial charge in [0, 0.05) is 4.91 Å². The van der Waals surface area contributed by atoms with Crippen LogP contribution in [0.2, 0.25) is 0 Å². The van der Waals surface area contributed by atoms with Crippen LogP contribution < -0.4 is 0 Å². The van der Waals surface area contributed by atoms with E-state index in [0.717, 1.165) is 0 Å². The molecule has 3 heteroatoms. The molecule has 1 aliphatic heterocycles. The van der Waals surface area contributed by atoms with Crippen molar-refractivity contribution in [3.63, 3.8) is 0 Å². The van der Waals surface area contributed by atoms with Gasteiger partial charge < -0.3 is 0 Å². The van der Waals surface area contributed by atoms with Gasteiger partial charge in [-0.15, -0.1) is 0 Å². The van der Waals surface area contributed by atoms with Crippen molar-refractivity contribution in [2.75, 3.05) is 0 Å². The zero-order valence-corrected chi connectivity index (χ0v) is 9.29. The molecule has 0 nitrogen and oxygen atoms in total. The minimum Gasteiger partial charge on any atom is -0.0654 e. The first-order valence-corrected chi connectivity index (χ1v) is 7.67. The van der Waals surface area contributed by atoms with Crippen molar-refractivity contribution < 1.29 is 0 Å². The minimum atomic E-state index is 1.31. The number of rotatable bonds is 5. The highest BCUT2D eigenvalue weighted by Gasteiger charge is 2.05. The summed E-state index contributed by atoms with van der Waals surface area (Å²) >= 11 is 0. The Balaban J connectivity index is 1.94. The Kier molecular flexibility index (Phi) is 5.68. The van der Waals surface area contributed by atoms with Gasteiger partial charge in [-0.3, -0.25) is 0 Å². The number of hydrogen-bond acceptors (Lipinski definition) is 3. The van der Waals surface area contributed by atoms with Crippen LogP contribution in [-0.2, 0) is 0 Å². The highest BCUT2D eigenvalue weighted by molar-refractivity contribution is 9.11. The second kappa shape index (κ2) is 6.32. The monoisotopic (exact) mass is 206 g/mol. The molecule has 1 heterocycles. The molecule has 0 N–H and O–H groups in total. The third-order valence-corrected chi connectivity index (χ3v) is 5.54. The molecule has 0 fully saturated rings. The van der Waals surface area contributed by atoms with Crippen LogP contribution in [0.3, 0.4) is 0 Å². The van der Waals surface area contributed by atoms with Crippen LogP contribution in [0, 0.1) is 0 Å². The van der Waals surface area contributed by atoms with Crippen molar-refractivity contribution >= 4 is 31.4 Å². The molecule has 0 radical (unpaired) electrons. The number of allylic oxidation sites excluding steroid dienone is 1. The van der Waals surface area contributed by atoms with Crippen molar-refractivity contribution in [2.24, 2.45) is 0 Å². The van der Waals surface area contributed by atoms with Gasteiger partial charge in [0.05, 0.1) is 0 Å². The van der Waals surface area contributed by atoms with E-state index in [0.29, 0.717) is 0 Å². The predicted octanol–water partition coefficient (Wildman–Crippen LogP) is 4.84. The molecule has 1 aliphatic rings. The highest BCUT2D eigenvalue weighted by Crippen LogP contribution is 2.50. The van der Waals surface area contributed by atoms with Crippen LogP contribution in [0.25, 0.3) is 0 Å². The Hall–Kier alpha value is 0.790. The Labute approximate surface area is 80.8 Å². The summed E-state index contributed by atoms with van der Waals surface area (Å²) in [6.07, 6.45) is 6.84. The zero-order valence-electron chi connectivity index (χ0n) is 6.84. The molecule has 0 atom stereocenters. The van der Waals surface area contributed by atoms with E-state index in [1.165, 1.54) is 32.1 Å². The molecular formula is C8H14S3. The first kappa shape index (κ1) is 9.87. The van der Waals surface area contributed by atoms with Crippen LogP contribution in [-0.4, -0.2) is 0 Å². The third kappa shape index (κ3) is 4.38. The molecule has 0 unspecified atom stereocenters.